The Kier molecular flexibility index (Phi) is 6.84. The number of nitrogens with one attached hydrogen (secondary N) is 1. The van der Waals surface area contributed by atoms with Gasteiger partial charge >= 0.3 is 0 Å². The Hall–Kier alpha value is -0.990. The van der Waals surface area contributed by atoms with E-state index in [1.807, 2.05) is 24.3 Å². The number of ether oxygens (including phenoxy) is 1. The molecule has 0 heterocycles. The summed E-state index contributed by atoms with van der Waals surface area (Å²) in [5, 5.41) is 4.15. The Morgan fingerprint density at radius 1 is 1.44 bits per heavy atom. The summed E-state index contributed by atoms with van der Waals surface area (Å²) < 4.78 is 5.76. The molecule has 1 atom stereocenters. The molecule has 1 N–H and O–H groups in total. The van der Waals surface area contributed by atoms with Crippen molar-refractivity contribution in [1.29, 1.82) is 0 Å². The first kappa shape index (κ1) is 15.1. The van der Waals surface area contributed by atoms with Gasteiger partial charge in [-0.25, -0.2) is 0 Å². The van der Waals surface area contributed by atoms with Crippen LogP contribution in [0.2, 0.25) is 5.02 Å². The van der Waals surface area contributed by atoms with Crippen molar-refractivity contribution in [3.05, 3.63) is 40.9 Å². The molecule has 0 radical (unpaired) electrons. The standard InChI is InChI=1S/C15H22ClNO/c1-4-8-17-14(9-12(2)3)11-18-15-7-5-6-13(16)10-15/h5-7,9-10,14,17H,4,8,11H2,1-3H3. The summed E-state index contributed by atoms with van der Waals surface area (Å²) in [4.78, 5) is 0. The van der Waals surface area contributed by atoms with Crippen LogP contribution in [0.15, 0.2) is 35.9 Å². The second-order valence-corrected chi connectivity index (χ2v) is 5.01. The molecule has 18 heavy (non-hydrogen) atoms. The van der Waals surface area contributed by atoms with Crippen molar-refractivity contribution in [3.63, 3.8) is 0 Å². The maximum atomic E-state index is 5.92. The molecule has 0 aliphatic heterocycles. The predicted molar refractivity (Wildman–Crippen MR) is 78.5 cm³/mol. The molecule has 0 aromatic heterocycles. The summed E-state index contributed by atoms with van der Waals surface area (Å²) in [5.41, 5.74) is 1.29. The second-order valence-electron chi connectivity index (χ2n) is 4.57. The van der Waals surface area contributed by atoms with Crippen molar-refractivity contribution in [3.8, 4) is 5.75 Å². The number of hydrogen-bond acceptors (Lipinski definition) is 2. The molecule has 0 saturated heterocycles. The van der Waals surface area contributed by atoms with Gasteiger partial charge in [0.25, 0.3) is 0 Å². The van der Waals surface area contributed by atoms with Crippen LogP contribution in [0.4, 0.5) is 0 Å². The van der Waals surface area contributed by atoms with Gasteiger partial charge in [-0.3, -0.25) is 0 Å². The fourth-order valence-electron chi connectivity index (χ4n) is 1.64. The van der Waals surface area contributed by atoms with Crippen LogP contribution in [0.5, 0.6) is 5.75 Å². The maximum Gasteiger partial charge on any atom is 0.120 e. The summed E-state index contributed by atoms with van der Waals surface area (Å²) in [5.74, 6) is 0.813. The van der Waals surface area contributed by atoms with E-state index in [9.17, 15) is 0 Å². The van der Waals surface area contributed by atoms with E-state index >= 15 is 0 Å². The van der Waals surface area contributed by atoms with E-state index in [1.54, 1.807) is 0 Å². The van der Waals surface area contributed by atoms with Gasteiger partial charge in [0.2, 0.25) is 0 Å². The zero-order valence-corrected chi connectivity index (χ0v) is 12.1. The van der Waals surface area contributed by atoms with Crippen molar-refractivity contribution in [2.45, 2.75) is 33.2 Å². The summed E-state index contributed by atoms with van der Waals surface area (Å²) in [6.07, 6.45) is 3.31. The van der Waals surface area contributed by atoms with Gasteiger partial charge < -0.3 is 10.1 Å². The van der Waals surface area contributed by atoms with Crippen molar-refractivity contribution in [1.82, 2.24) is 5.32 Å². The largest absolute Gasteiger partial charge is 0.492 e. The molecule has 1 unspecified atom stereocenters. The van der Waals surface area contributed by atoms with Crippen molar-refractivity contribution in [2.75, 3.05) is 13.2 Å². The summed E-state index contributed by atoms with van der Waals surface area (Å²) >= 11 is 5.92. The highest BCUT2D eigenvalue weighted by Crippen LogP contribution is 2.17. The molecule has 1 aromatic carbocycles. The first-order chi connectivity index (χ1) is 8.61. The SMILES string of the molecule is CCCNC(C=C(C)C)COc1cccc(Cl)c1. The average molecular weight is 268 g/mol. The molecule has 2 nitrogen and oxygen atoms in total. The second kappa shape index (κ2) is 8.17. The summed E-state index contributed by atoms with van der Waals surface area (Å²) in [6.45, 7) is 7.96. The normalized spacial score (nSPS) is 12.0. The van der Waals surface area contributed by atoms with E-state index in [0.717, 1.165) is 18.7 Å². The minimum Gasteiger partial charge on any atom is -0.492 e. The number of halogens is 1. The van der Waals surface area contributed by atoms with Crippen LogP contribution in [0.25, 0.3) is 0 Å². The molecule has 0 bridgehead atoms. The van der Waals surface area contributed by atoms with Crippen LogP contribution in [-0.2, 0) is 0 Å². The smallest absolute Gasteiger partial charge is 0.120 e. The van der Waals surface area contributed by atoms with Crippen LogP contribution in [-0.4, -0.2) is 19.2 Å². The number of hydrogen-bond donors (Lipinski definition) is 1. The molecular formula is C15H22ClNO. The quantitative estimate of drug-likeness (QED) is 0.753. The lowest BCUT2D eigenvalue weighted by Gasteiger charge is -2.16. The summed E-state index contributed by atoms with van der Waals surface area (Å²) in [6, 6.07) is 7.74. The van der Waals surface area contributed by atoms with Gasteiger partial charge in [-0.1, -0.05) is 36.2 Å². The van der Waals surface area contributed by atoms with Crippen LogP contribution in [0, 0.1) is 0 Å². The first-order valence-corrected chi connectivity index (χ1v) is 6.76. The minimum absolute atomic E-state index is 0.244. The van der Waals surface area contributed by atoms with Gasteiger partial charge in [0.1, 0.15) is 12.4 Å². The molecule has 1 rings (SSSR count). The van der Waals surface area contributed by atoms with Crippen molar-refractivity contribution >= 4 is 11.6 Å². The van der Waals surface area contributed by atoms with Gasteiger partial charge in [0.15, 0.2) is 0 Å². The highest BCUT2D eigenvalue weighted by Gasteiger charge is 2.05. The lowest BCUT2D eigenvalue weighted by atomic mass is 10.2. The molecule has 100 valence electrons. The van der Waals surface area contributed by atoms with Crippen LogP contribution < -0.4 is 10.1 Å². The summed E-state index contributed by atoms with van der Waals surface area (Å²) in [7, 11) is 0. The fraction of sp³-hybridized carbons (Fsp3) is 0.467. The molecule has 0 aliphatic carbocycles. The van der Waals surface area contributed by atoms with Crippen molar-refractivity contribution in [2.24, 2.45) is 0 Å². The third kappa shape index (κ3) is 6.08. The molecule has 3 heteroatoms. The molecule has 0 amide bonds. The van der Waals surface area contributed by atoms with Crippen LogP contribution in [0.3, 0.4) is 0 Å². The lowest BCUT2D eigenvalue weighted by molar-refractivity contribution is 0.286. The Labute approximate surface area is 115 Å². The zero-order valence-electron chi connectivity index (χ0n) is 11.4. The predicted octanol–water partition coefficient (Wildman–Crippen LogP) is 4.05. The van der Waals surface area contributed by atoms with E-state index in [1.165, 1.54) is 5.57 Å². The first-order valence-electron chi connectivity index (χ1n) is 6.38. The third-order valence-corrected chi connectivity index (χ3v) is 2.65. The fourth-order valence-corrected chi connectivity index (χ4v) is 1.82. The molecule has 0 spiro atoms. The molecule has 1 aromatic rings. The highest BCUT2D eigenvalue weighted by molar-refractivity contribution is 6.30. The van der Waals surface area contributed by atoms with Gasteiger partial charge in [0.05, 0.1) is 6.04 Å². The Bertz CT molecular complexity index is 386. The third-order valence-electron chi connectivity index (χ3n) is 2.42. The van der Waals surface area contributed by atoms with E-state index < -0.39 is 0 Å². The topological polar surface area (TPSA) is 21.3 Å². The average Bonchev–Trinajstić information content (AvgIpc) is 2.32. The van der Waals surface area contributed by atoms with Gasteiger partial charge in [0, 0.05) is 5.02 Å². The molecular weight excluding hydrogens is 246 g/mol. The monoisotopic (exact) mass is 267 g/mol. The van der Waals surface area contributed by atoms with Crippen molar-refractivity contribution < 1.29 is 4.74 Å². The molecule has 0 fully saturated rings. The van der Waals surface area contributed by atoms with E-state index in [2.05, 4.69) is 32.2 Å². The van der Waals surface area contributed by atoms with Crippen LogP contribution in [0.1, 0.15) is 27.2 Å². The highest BCUT2D eigenvalue weighted by atomic mass is 35.5. The molecule has 0 saturated carbocycles. The lowest BCUT2D eigenvalue weighted by Crippen LogP contribution is -2.33. The number of rotatable bonds is 7. The number of benzene rings is 1. The van der Waals surface area contributed by atoms with E-state index in [-0.39, 0.29) is 6.04 Å². The number of allylic oxidation sites excluding steroid dienone is 1. The Morgan fingerprint density at radius 2 is 2.22 bits per heavy atom. The van der Waals surface area contributed by atoms with E-state index in [0.29, 0.717) is 11.6 Å². The van der Waals surface area contributed by atoms with Gasteiger partial charge in [-0.15, -0.1) is 0 Å². The van der Waals surface area contributed by atoms with E-state index in [4.69, 9.17) is 16.3 Å². The Balaban J connectivity index is 2.53. The van der Waals surface area contributed by atoms with Gasteiger partial charge in [-0.2, -0.15) is 0 Å². The minimum atomic E-state index is 0.244. The Morgan fingerprint density at radius 3 is 2.83 bits per heavy atom. The van der Waals surface area contributed by atoms with Gasteiger partial charge in [-0.05, 0) is 45.0 Å². The zero-order chi connectivity index (χ0) is 13.4. The molecule has 0 aliphatic rings. The maximum absolute atomic E-state index is 5.92. The van der Waals surface area contributed by atoms with Crippen LogP contribution >= 0.6 is 11.6 Å².